The van der Waals surface area contributed by atoms with Crippen LogP contribution in [-0.4, -0.2) is 10.9 Å². The largest absolute Gasteiger partial charge is 0.354 e. The first-order valence-electron chi connectivity index (χ1n) is 7.88. The molecule has 2 aromatic carbocycles. The van der Waals surface area contributed by atoms with Gasteiger partial charge in [0.15, 0.2) is 0 Å². The summed E-state index contributed by atoms with van der Waals surface area (Å²) in [6.07, 6.45) is 3.25. The molecule has 0 aliphatic heterocycles. The van der Waals surface area contributed by atoms with Crippen LogP contribution >= 0.6 is 15.9 Å². The molecule has 0 fully saturated rings. The van der Waals surface area contributed by atoms with Crippen LogP contribution < -0.4 is 10.6 Å². The molecule has 25 heavy (non-hydrogen) atoms. The van der Waals surface area contributed by atoms with Crippen molar-refractivity contribution in [3.05, 3.63) is 82.1 Å². The van der Waals surface area contributed by atoms with Crippen LogP contribution in [0.15, 0.2) is 65.4 Å². The Bertz CT molecular complexity index is 924. The molecule has 126 valence electrons. The number of anilines is 3. The van der Waals surface area contributed by atoms with Crippen molar-refractivity contribution in [3.63, 3.8) is 0 Å². The van der Waals surface area contributed by atoms with Crippen LogP contribution in [0.2, 0.25) is 0 Å². The van der Waals surface area contributed by atoms with Crippen molar-refractivity contribution in [1.29, 1.82) is 0 Å². The number of para-hydroxylation sites is 1. The zero-order valence-corrected chi connectivity index (χ0v) is 15.6. The Morgan fingerprint density at radius 1 is 0.960 bits per heavy atom. The molecular weight excluding hydrogens is 378 g/mol. The molecule has 4 nitrogen and oxygen atoms in total. The number of benzene rings is 2. The number of pyridine rings is 1. The Morgan fingerprint density at radius 3 is 2.52 bits per heavy atom. The first kappa shape index (κ1) is 17.2. The second-order valence-electron chi connectivity index (χ2n) is 5.82. The van der Waals surface area contributed by atoms with Gasteiger partial charge in [-0.05, 0) is 49.2 Å². The van der Waals surface area contributed by atoms with E-state index in [0.29, 0.717) is 5.56 Å². The van der Waals surface area contributed by atoms with Crippen LogP contribution in [0.1, 0.15) is 21.5 Å². The minimum atomic E-state index is -0.185. The van der Waals surface area contributed by atoms with Gasteiger partial charge in [0.05, 0.1) is 17.4 Å². The quantitative estimate of drug-likeness (QED) is 0.616. The molecule has 2 N–H and O–H groups in total. The molecule has 0 bridgehead atoms. The average molecular weight is 396 g/mol. The number of aryl methyl sites for hydroxylation is 2. The Hall–Kier alpha value is -2.66. The second kappa shape index (κ2) is 7.49. The second-order valence-corrected chi connectivity index (χ2v) is 6.67. The Kier molecular flexibility index (Phi) is 5.14. The van der Waals surface area contributed by atoms with Gasteiger partial charge in [0.1, 0.15) is 0 Å². The van der Waals surface area contributed by atoms with E-state index < -0.39 is 0 Å². The van der Waals surface area contributed by atoms with Gasteiger partial charge < -0.3 is 10.6 Å². The number of amides is 1. The van der Waals surface area contributed by atoms with Gasteiger partial charge in [-0.2, -0.15) is 0 Å². The van der Waals surface area contributed by atoms with E-state index in [0.717, 1.165) is 32.7 Å². The van der Waals surface area contributed by atoms with E-state index in [-0.39, 0.29) is 5.91 Å². The van der Waals surface area contributed by atoms with Crippen LogP contribution in [-0.2, 0) is 0 Å². The Morgan fingerprint density at radius 2 is 1.76 bits per heavy atom. The Labute approximate surface area is 155 Å². The lowest BCUT2D eigenvalue weighted by Crippen LogP contribution is -2.13. The third-order valence-electron chi connectivity index (χ3n) is 3.85. The summed E-state index contributed by atoms with van der Waals surface area (Å²) in [5.74, 6) is -0.185. The Balaban J connectivity index is 1.77. The fourth-order valence-electron chi connectivity index (χ4n) is 2.38. The molecule has 1 aromatic heterocycles. The molecule has 0 aliphatic rings. The van der Waals surface area contributed by atoms with Crippen molar-refractivity contribution in [1.82, 2.24) is 4.98 Å². The van der Waals surface area contributed by atoms with Crippen LogP contribution in [0.5, 0.6) is 0 Å². The van der Waals surface area contributed by atoms with Gasteiger partial charge in [-0.3, -0.25) is 9.78 Å². The summed E-state index contributed by atoms with van der Waals surface area (Å²) in [7, 11) is 0. The van der Waals surface area contributed by atoms with Gasteiger partial charge in [-0.1, -0.05) is 40.2 Å². The number of hydrogen-bond acceptors (Lipinski definition) is 3. The van der Waals surface area contributed by atoms with Crippen molar-refractivity contribution in [2.75, 3.05) is 10.6 Å². The monoisotopic (exact) mass is 395 g/mol. The highest BCUT2D eigenvalue weighted by molar-refractivity contribution is 9.10. The number of nitrogens with zero attached hydrogens (tertiary/aromatic N) is 1. The predicted molar refractivity (Wildman–Crippen MR) is 106 cm³/mol. The molecule has 0 unspecified atom stereocenters. The van der Waals surface area contributed by atoms with Crippen LogP contribution in [0.3, 0.4) is 0 Å². The number of nitrogens with one attached hydrogen (secondary N) is 2. The number of hydrogen-bond donors (Lipinski definition) is 2. The lowest BCUT2D eigenvalue weighted by Gasteiger charge is -2.10. The van der Waals surface area contributed by atoms with Gasteiger partial charge in [0, 0.05) is 22.0 Å². The summed E-state index contributed by atoms with van der Waals surface area (Å²) >= 11 is 3.52. The normalized spacial score (nSPS) is 10.4. The fourth-order valence-corrected chi connectivity index (χ4v) is 2.76. The molecule has 3 aromatic rings. The summed E-state index contributed by atoms with van der Waals surface area (Å²) in [4.78, 5) is 16.7. The van der Waals surface area contributed by atoms with Crippen LogP contribution in [0.4, 0.5) is 17.1 Å². The molecule has 1 amide bonds. The number of carbonyl (C=O) groups excluding carboxylic acids is 1. The molecule has 1 heterocycles. The van der Waals surface area contributed by atoms with Crippen LogP contribution in [0.25, 0.3) is 0 Å². The van der Waals surface area contributed by atoms with E-state index in [2.05, 4.69) is 31.5 Å². The first-order valence-corrected chi connectivity index (χ1v) is 8.67. The highest BCUT2D eigenvalue weighted by atomic mass is 79.9. The minimum absolute atomic E-state index is 0.185. The van der Waals surface area contributed by atoms with Crippen molar-refractivity contribution >= 4 is 38.9 Å². The van der Waals surface area contributed by atoms with Crippen molar-refractivity contribution in [3.8, 4) is 0 Å². The summed E-state index contributed by atoms with van der Waals surface area (Å²) in [5.41, 5.74) is 5.16. The zero-order valence-electron chi connectivity index (χ0n) is 14.0. The van der Waals surface area contributed by atoms with Gasteiger partial charge >= 0.3 is 0 Å². The maximum Gasteiger partial charge on any atom is 0.257 e. The number of rotatable bonds is 4. The van der Waals surface area contributed by atoms with Crippen molar-refractivity contribution in [2.24, 2.45) is 0 Å². The van der Waals surface area contributed by atoms with Crippen molar-refractivity contribution in [2.45, 2.75) is 13.8 Å². The average Bonchev–Trinajstić information content (AvgIpc) is 2.60. The van der Waals surface area contributed by atoms with E-state index in [4.69, 9.17) is 0 Å². The minimum Gasteiger partial charge on any atom is -0.354 e. The highest BCUT2D eigenvalue weighted by Gasteiger charge is 2.09. The van der Waals surface area contributed by atoms with Crippen molar-refractivity contribution < 1.29 is 4.79 Å². The molecule has 0 spiro atoms. The topological polar surface area (TPSA) is 54.0 Å². The summed E-state index contributed by atoms with van der Waals surface area (Å²) in [6.45, 7) is 3.99. The molecule has 0 radical (unpaired) electrons. The fraction of sp³-hybridized carbons (Fsp3) is 0.100. The summed E-state index contributed by atoms with van der Waals surface area (Å²) < 4.78 is 1.03. The van der Waals surface area contributed by atoms with Gasteiger partial charge in [-0.25, -0.2) is 0 Å². The lowest BCUT2D eigenvalue weighted by atomic mass is 10.2. The predicted octanol–water partition coefficient (Wildman–Crippen LogP) is 5.46. The molecule has 3 rings (SSSR count). The highest BCUT2D eigenvalue weighted by Crippen LogP contribution is 2.24. The van der Waals surface area contributed by atoms with Gasteiger partial charge in [0.25, 0.3) is 5.91 Å². The number of carbonyl (C=O) groups is 1. The smallest absolute Gasteiger partial charge is 0.257 e. The van der Waals surface area contributed by atoms with Gasteiger partial charge in [-0.15, -0.1) is 0 Å². The van der Waals surface area contributed by atoms with E-state index in [1.54, 1.807) is 18.5 Å². The maximum atomic E-state index is 12.5. The standard InChI is InChI=1S/C20H18BrN3O/c1-13-7-8-16(10-18(13)21)23-17-9-15(11-22-12-17)20(25)24-19-6-4-3-5-14(19)2/h3-12,23H,1-2H3,(H,24,25). The molecule has 0 aliphatic carbocycles. The molecule has 5 heteroatoms. The maximum absolute atomic E-state index is 12.5. The van der Waals surface area contributed by atoms with Crippen LogP contribution in [0, 0.1) is 13.8 Å². The summed E-state index contributed by atoms with van der Waals surface area (Å²) in [6, 6.07) is 15.5. The SMILES string of the molecule is Cc1ccc(Nc2cncc(C(=O)Nc3ccccc3C)c2)cc1Br. The van der Waals surface area contributed by atoms with E-state index >= 15 is 0 Å². The van der Waals surface area contributed by atoms with E-state index in [9.17, 15) is 4.79 Å². The zero-order chi connectivity index (χ0) is 17.8. The summed E-state index contributed by atoms with van der Waals surface area (Å²) in [5, 5.41) is 6.19. The van der Waals surface area contributed by atoms with E-state index in [1.165, 1.54) is 0 Å². The molecular formula is C20H18BrN3O. The third kappa shape index (κ3) is 4.25. The van der Waals surface area contributed by atoms with E-state index in [1.807, 2.05) is 56.3 Å². The third-order valence-corrected chi connectivity index (χ3v) is 4.71. The first-order chi connectivity index (χ1) is 12.0. The molecule has 0 atom stereocenters. The molecule has 0 saturated carbocycles. The lowest BCUT2D eigenvalue weighted by molar-refractivity contribution is 0.102. The number of aromatic nitrogens is 1. The number of halogens is 1. The molecule has 0 saturated heterocycles. The van der Waals surface area contributed by atoms with Gasteiger partial charge in [0.2, 0.25) is 0 Å².